The minimum Gasteiger partial charge on any atom is -0.314 e. The van der Waals surface area contributed by atoms with Crippen molar-refractivity contribution in [1.29, 1.82) is 0 Å². The molecule has 0 atom stereocenters. The summed E-state index contributed by atoms with van der Waals surface area (Å²) in [6.45, 7) is 2.76. The Balaban J connectivity index is 1.75. The number of benzene rings is 2. The summed E-state index contributed by atoms with van der Waals surface area (Å²) >= 11 is 1.66. The summed E-state index contributed by atoms with van der Waals surface area (Å²) in [5.41, 5.74) is 2.77. The van der Waals surface area contributed by atoms with Crippen LogP contribution in [0.1, 0.15) is 6.92 Å². The Labute approximate surface area is 145 Å². The molecule has 0 bridgehead atoms. The zero-order valence-electron chi connectivity index (χ0n) is 13.3. The number of hydrogen-bond acceptors (Lipinski definition) is 3. The Kier molecular flexibility index (Phi) is 4.78. The fourth-order valence-electron chi connectivity index (χ4n) is 2.33. The Hall–Kier alpha value is -2.84. The number of urea groups is 1. The van der Waals surface area contributed by atoms with Gasteiger partial charge in [0.15, 0.2) is 0 Å². The van der Waals surface area contributed by atoms with Crippen molar-refractivity contribution in [3.05, 3.63) is 48.5 Å². The van der Waals surface area contributed by atoms with Crippen LogP contribution in [0, 0.1) is 12.3 Å². The zero-order valence-corrected chi connectivity index (χ0v) is 14.1. The molecule has 1 N–H and O–H groups in total. The molecule has 5 heteroatoms. The van der Waals surface area contributed by atoms with Gasteiger partial charge in [-0.1, -0.05) is 18.1 Å². The minimum absolute atomic E-state index is 0.191. The largest absolute Gasteiger partial charge is 0.322 e. The average molecular weight is 335 g/mol. The van der Waals surface area contributed by atoms with Crippen LogP contribution in [0.5, 0.6) is 0 Å². The van der Waals surface area contributed by atoms with Crippen molar-refractivity contribution >= 4 is 33.3 Å². The number of nitrogens with zero attached hydrogens (tertiary/aromatic N) is 2. The van der Waals surface area contributed by atoms with E-state index in [9.17, 15) is 4.79 Å². The maximum absolute atomic E-state index is 12.1. The molecular formula is C19H17N3OS. The number of aromatic nitrogens is 1. The lowest BCUT2D eigenvalue weighted by molar-refractivity contribution is 0.220. The molecule has 0 unspecified atom stereocenters. The van der Waals surface area contributed by atoms with Gasteiger partial charge < -0.3 is 10.2 Å². The van der Waals surface area contributed by atoms with E-state index in [2.05, 4.69) is 22.3 Å². The van der Waals surface area contributed by atoms with Crippen molar-refractivity contribution in [2.24, 2.45) is 0 Å². The number of amides is 2. The van der Waals surface area contributed by atoms with Crippen molar-refractivity contribution in [1.82, 2.24) is 9.88 Å². The van der Waals surface area contributed by atoms with Gasteiger partial charge in [-0.05, 0) is 43.3 Å². The van der Waals surface area contributed by atoms with E-state index < -0.39 is 0 Å². The number of anilines is 1. The molecule has 0 saturated carbocycles. The summed E-state index contributed by atoms with van der Waals surface area (Å²) in [4.78, 5) is 18.3. The molecule has 1 aromatic heterocycles. The predicted molar refractivity (Wildman–Crippen MR) is 100 cm³/mol. The molecule has 1 heterocycles. The molecular weight excluding hydrogens is 318 g/mol. The summed E-state index contributed by atoms with van der Waals surface area (Å²) in [5.74, 6) is 2.49. The Morgan fingerprint density at radius 1 is 1.25 bits per heavy atom. The third-order valence-corrected chi connectivity index (χ3v) is 4.71. The van der Waals surface area contributed by atoms with Crippen molar-refractivity contribution < 1.29 is 4.79 Å². The van der Waals surface area contributed by atoms with Gasteiger partial charge in [-0.25, -0.2) is 9.78 Å². The quantitative estimate of drug-likeness (QED) is 0.716. The van der Waals surface area contributed by atoms with E-state index in [4.69, 9.17) is 6.42 Å². The van der Waals surface area contributed by atoms with Gasteiger partial charge in [0.1, 0.15) is 5.01 Å². The molecule has 0 radical (unpaired) electrons. The third kappa shape index (κ3) is 3.39. The molecule has 0 spiro atoms. The number of fused-ring (bicyclic) bond motifs is 1. The molecule has 0 aliphatic carbocycles. The van der Waals surface area contributed by atoms with Crippen molar-refractivity contribution in [3.63, 3.8) is 0 Å². The smallest absolute Gasteiger partial charge is 0.314 e. The number of carbonyl (C=O) groups is 1. The molecule has 0 fully saturated rings. The number of carbonyl (C=O) groups excluding carboxylic acids is 1. The van der Waals surface area contributed by atoms with Crippen LogP contribution in [0.3, 0.4) is 0 Å². The lowest BCUT2D eigenvalue weighted by Gasteiger charge is -2.18. The van der Waals surface area contributed by atoms with Crippen LogP contribution in [-0.2, 0) is 0 Å². The molecule has 0 aliphatic heterocycles. The first-order valence-electron chi connectivity index (χ1n) is 7.66. The first kappa shape index (κ1) is 16.0. The molecule has 0 aliphatic rings. The van der Waals surface area contributed by atoms with E-state index in [0.29, 0.717) is 13.1 Å². The average Bonchev–Trinajstić information content (AvgIpc) is 3.04. The monoisotopic (exact) mass is 335 g/mol. The molecule has 0 saturated heterocycles. The van der Waals surface area contributed by atoms with E-state index in [1.807, 2.05) is 49.4 Å². The number of rotatable bonds is 4. The molecule has 4 nitrogen and oxygen atoms in total. The van der Waals surface area contributed by atoms with E-state index in [-0.39, 0.29) is 6.03 Å². The van der Waals surface area contributed by atoms with E-state index >= 15 is 0 Å². The van der Waals surface area contributed by atoms with Crippen LogP contribution in [0.25, 0.3) is 20.8 Å². The Bertz CT molecular complexity index is 860. The maximum atomic E-state index is 12.1. The maximum Gasteiger partial charge on any atom is 0.322 e. The van der Waals surface area contributed by atoms with E-state index in [1.165, 1.54) is 0 Å². The van der Waals surface area contributed by atoms with Gasteiger partial charge >= 0.3 is 6.03 Å². The zero-order chi connectivity index (χ0) is 16.9. The summed E-state index contributed by atoms with van der Waals surface area (Å²) < 4.78 is 1.16. The summed E-state index contributed by atoms with van der Waals surface area (Å²) in [7, 11) is 0. The fourth-order valence-corrected chi connectivity index (χ4v) is 3.30. The van der Waals surface area contributed by atoms with Crippen molar-refractivity contribution in [2.45, 2.75) is 6.92 Å². The van der Waals surface area contributed by atoms with Gasteiger partial charge in [0.2, 0.25) is 0 Å². The second kappa shape index (κ2) is 7.16. The highest BCUT2D eigenvalue weighted by molar-refractivity contribution is 7.21. The Morgan fingerprint density at radius 2 is 2.00 bits per heavy atom. The highest BCUT2D eigenvalue weighted by atomic mass is 32.1. The minimum atomic E-state index is -0.191. The van der Waals surface area contributed by atoms with Gasteiger partial charge in [0.25, 0.3) is 0 Å². The van der Waals surface area contributed by atoms with E-state index in [0.717, 1.165) is 26.5 Å². The van der Waals surface area contributed by atoms with Crippen molar-refractivity contribution in [3.8, 4) is 22.9 Å². The molecule has 3 aromatic rings. The van der Waals surface area contributed by atoms with Crippen LogP contribution in [0.2, 0.25) is 0 Å². The molecule has 2 amide bonds. The van der Waals surface area contributed by atoms with Gasteiger partial charge in [-0.3, -0.25) is 0 Å². The number of hydrogen-bond donors (Lipinski definition) is 1. The first-order valence-corrected chi connectivity index (χ1v) is 8.48. The number of terminal acetylenes is 1. The van der Waals surface area contributed by atoms with Crippen LogP contribution >= 0.6 is 11.3 Å². The van der Waals surface area contributed by atoms with Gasteiger partial charge in [0, 0.05) is 17.8 Å². The highest BCUT2D eigenvalue weighted by Gasteiger charge is 2.11. The first-order chi connectivity index (χ1) is 11.7. The number of thiazole rings is 1. The van der Waals surface area contributed by atoms with Crippen LogP contribution < -0.4 is 5.32 Å². The second-order valence-electron chi connectivity index (χ2n) is 5.21. The van der Waals surface area contributed by atoms with E-state index in [1.54, 1.807) is 16.2 Å². The molecule has 3 rings (SSSR count). The number of nitrogens with one attached hydrogen (secondary N) is 1. The standard InChI is InChI=1S/C19H17N3OS/c1-3-13-22(4-2)19(23)20-15-11-9-14(10-12-15)18-21-16-7-5-6-8-17(16)24-18/h1,5-12H,4,13H2,2H3,(H,20,23). The fraction of sp³-hybridized carbons (Fsp3) is 0.158. The van der Waals surface area contributed by atoms with Gasteiger partial charge in [0.05, 0.1) is 16.8 Å². The molecule has 24 heavy (non-hydrogen) atoms. The molecule has 120 valence electrons. The third-order valence-electron chi connectivity index (χ3n) is 3.63. The van der Waals surface area contributed by atoms with Gasteiger partial charge in [-0.2, -0.15) is 0 Å². The summed E-state index contributed by atoms with van der Waals surface area (Å²) in [6.07, 6.45) is 5.27. The number of para-hydroxylation sites is 1. The second-order valence-corrected chi connectivity index (χ2v) is 6.24. The lowest BCUT2D eigenvalue weighted by atomic mass is 10.2. The lowest BCUT2D eigenvalue weighted by Crippen LogP contribution is -2.34. The summed E-state index contributed by atoms with van der Waals surface area (Å²) in [6, 6.07) is 15.6. The van der Waals surface area contributed by atoms with Crippen LogP contribution in [0.15, 0.2) is 48.5 Å². The predicted octanol–water partition coefficient (Wildman–Crippen LogP) is 4.45. The van der Waals surface area contributed by atoms with Crippen LogP contribution in [0.4, 0.5) is 10.5 Å². The summed E-state index contributed by atoms with van der Waals surface area (Å²) in [5, 5.41) is 3.83. The topological polar surface area (TPSA) is 45.2 Å². The Morgan fingerprint density at radius 3 is 2.67 bits per heavy atom. The molecule has 2 aromatic carbocycles. The SMILES string of the molecule is C#CCN(CC)C(=O)Nc1ccc(-c2nc3ccccc3s2)cc1. The van der Waals surface area contributed by atoms with Crippen LogP contribution in [-0.4, -0.2) is 29.0 Å². The van der Waals surface area contributed by atoms with Gasteiger partial charge in [-0.15, -0.1) is 17.8 Å². The van der Waals surface area contributed by atoms with Crippen molar-refractivity contribution in [2.75, 3.05) is 18.4 Å². The highest BCUT2D eigenvalue weighted by Crippen LogP contribution is 2.30. The normalized spacial score (nSPS) is 10.3.